The quantitative estimate of drug-likeness (QED) is 0.876. The third-order valence-electron chi connectivity index (χ3n) is 4.69. The van der Waals surface area contributed by atoms with E-state index < -0.39 is 0 Å². The molecule has 0 unspecified atom stereocenters. The number of carbonyl (C=O) groups is 1. The van der Waals surface area contributed by atoms with Crippen molar-refractivity contribution in [1.82, 2.24) is 9.88 Å². The Hall–Kier alpha value is -2.47. The minimum absolute atomic E-state index is 0.112. The van der Waals surface area contributed by atoms with E-state index in [1.165, 1.54) is 0 Å². The monoisotopic (exact) mass is 343 g/mol. The van der Waals surface area contributed by atoms with Crippen LogP contribution in [0.5, 0.6) is 11.5 Å². The third-order valence-corrected chi connectivity index (χ3v) is 4.69. The van der Waals surface area contributed by atoms with Crippen molar-refractivity contribution in [2.45, 2.75) is 25.8 Å². The standard InChI is InChI=1S/C19H25N3O3/c1-13-11-17(24-2)18(25-3)12-15(13)21-19(23)16-5-4-10-22(16)14-6-8-20-9-7-14/h4-5,10-12,14,20H,6-9H2,1-3H3,(H,21,23). The van der Waals surface area contributed by atoms with Crippen molar-refractivity contribution in [2.75, 3.05) is 32.6 Å². The summed E-state index contributed by atoms with van der Waals surface area (Å²) in [4.78, 5) is 12.8. The van der Waals surface area contributed by atoms with Crippen molar-refractivity contribution in [3.05, 3.63) is 41.7 Å². The number of amides is 1. The second kappa shape index (κ2) is 7.61. The van der Waals surface area contributed by atoms with E-state index in [9.17, 15) is 4.79 Å². The van der Waals surface area contributed by atoms with Crippen LogP contribution in [0.3, 0.4) is 0 Å². The van der Waals surface area contributed by atoms with E-state index in [0.29, 0.717) is 23.2 Å². The third kappa shape index (κ3) is 3.64. The summed E-state index contributed by atoms with van der Waals surface area (Å²) in [6.45, 7) is 3.90. The zero-order valence-electron chi connectivity index (χ0n) is 15.0. The van der Waals surface area contributed by atoms with Crippen LogP contribution < -0.4 is 20.1 Å². The van der Waals surface area contributed by atoms with Gasteiger partial charge in [-0.1, -0.05) is 0 Å². The Morgan fingerprint density at radius 3 is 2.56 bits per heavy atom. The van der Waals surface area contributed by atoms with Gasteiger partial charge in [0.2, 0.25) is 0 Å². The number of hydrogen-bond donors (Lipinski definition) is 2. The molecule has 6 nitrogen and oxygen atoms in total. The molecule has 0 aliphatic carbocycles. The van der Waals surface area contributed by atoms with Crippen LogP contribution in [0.25, 0.3) is 0 Å². The van der Waals surface area contributed by atoms with Crippen molar-refractivity contribution in [3.8, 4) is 11.5 Å². The fourth-order valence-corrected chi connectivity index (χ4v) is 3.29. The van der Waals surface area contributed by atoms with Crippen molar-refractivity contribution in [2.24, 2.45) is 0 Å². The lowest BCUT2D eigenvalue weighted by Crippen LogP contribution is -2.31. The molecule has 0 saturated carbocycles. The van der Waals surface area contributed by atoms with E-state index in [1.54, 1.807) is 20.3 Å². The number of ether oxygens (including phenoxy) is 2. The largest absolute Gasteiger partial charge is 0.493 e. The van der Waals surface area contributed by atoms with Gasteiger partial charge in [0.25, 0.3) is 5.91 Å². The smallest absolute Gasteiger partial charge is 0.272 e. The fourth-order valence-electron chi connectivity index (χ4n) is 3.29. The van der Waals surface area contributed by atoms with Crippen LogP contribution in [-0.2, 0) is 0 Å². The van der Waals surface area contributed by atoms with Gasteiger partial charge in [0, 0.05) is 24.0 Å². The first kappa shape index (κ1) is 17.4. The molecule has 0 spiro atoms. The lowest BCUT2D eigenvalue weighted by molar-refractivity contribution is 0.101. The zero-order valence-corrected chi connectivity index (χ0v) is 15.0. The molecule has 1 amide bonds. The molecule has 3 rings (SSSR count). The summed E-state index contributed by atoms with van der Waals surface area (Å²) in [6.07, 6.45) is 4.06. The van der Waals surface area contributed by atoms with Gasteiger partial charge in [0.05, 0.1) is 14.2 Å². The highest BCUT2D eigenvalue weighted by Crippen LogP contribution is 2.33. The Morgan fingerprint density at radius 2 is 1.88 bits per heavy atom. The number of carbonyl (C=O) groups excluding carboxylic acids is 1. The maximum atomic E-state index is 12.8. The summed E-state index contributed by atoms with van der Waals surface area (Å²) >= 11 is 0. The molecule has 2 heterocycles. The van der Waals surface area contributed by atoms with E-state index >= 15 is 0 Å². The van der Waals surface area contributed by atoms with E-state index in [2.05, 4.69) is 15.2 Å². The van der Waals surface area contributed by atoms with Crippen molar-refractivity contribution in [3.63, 3.8) is 0 Å². The number of aryl methyl sites for hydroxylation is 1. The number of rotatable bonds is 5. The molecular formula is C19H25N3O3. The Balaban J connectivity index is 1.82. The molecule has 2 N–H and O–H groups in total. The van der Waals surface area contributed by atoms with E-state index in [0.717, 1.165) is 37.2 Å². The highest BCUT2D eigenvalue weighted by molar-refractivity contribution is 6.03. The topological polar surface area (TPSA) is 64.5 Å². The predicted octanol–water partition coefficient (Wildman–Crippen LogP) is 2.99. The van der Waals surface area contributed by atoms with E-state index in [1.807, 2.05) is 31.3 Å². The van der Waals surface area contributed by atoms with Crippen molar-refractivity contribution in [1.29, 1.82) is 0 Å². The van der Waals surface area contributed by atoms with Crippen molar-refractivity contribution < 1.29 is 14.3 Å². The first-order chi connectivity index (χ1) is 12.1. The minimum atomic E-state index is -0.112. The molecule has 1 aliphatic rings. The second-order valence-electron chi connectivity index (χ2n) is 6.26. The van der Waals surface area contributed by atoms with Crippen molar-refractivity contribution >= 4 is 11.6 Å². The lowest BCUT2D eigenvalue weighted by atomic mass is 10.1. The summed E-state index contributed by atoms with van der Waals surface area (Å²) in [5, 5.41) is 6.36. The molecule has 1 aliphatic heterocycles. The fraction of sp³-hybridized carbons (Fsp3) is 0.421. The molecule has 1 aromatic carbocycles. The van der Waals surface area contributed by atoms with Crippen LogP contribution in [0.15, 0.2) is 30.5 Å². The number of piperidine rings is 1. The Kier molecular flexibility index (Phi) is 5.28. The van der Waals surface area contributed by atoms with Gasteiger partial charge in [-0.25, -0.2) is 0 Å². The molecule has 134 valence electrons. The van der Waals surface area contributed by atoms with Crippen LogP contribution in [0.1, 0.15) is 34.9 Å². The number of aromatic nitrogens is 1. The SMILES string of the molecule is COc1cc(C)c(NC(=O)c2cccn2C2CCNCC2)cc1OC. The summed E-state index contributed by atoms with van der Waals surface area (Å²) in [7, 11) is 3.18. The van der Waals surface area contributed by atoms with Gasteiger partial charge in [-0.3, -0.25) is 4.79 Å². The average Bonchev–Trinajstić information content (AvgIpc) is 3.13. The highest BCUT2D eigenvalue weighted by atomic mass is 16.5. The maximum absolute atomic E-state index is 12.8. The minimum Gasteiger partial charge on any atom is -0.493 e. The van der Waals surface area contributed by atoms with Gasteiger partial charge >= 0.3 is 0 Å². The molecule has 2 aromatic rings. The summed E-state index contributed by atoms with van der Waals surface area (Å²) in [5.74, 6) is 1.13. The van der Waals surface area contributed by atoms with Crippen LogP contribution in [-0.4, -0.2) is 37.8 Å². The van der Waals surface area contributed by atoms with Gasteiger partial charge < -0.3 is 24.7 Å². The number of methoxy groups -OCH3 is 2. The molecule has 25 heavy (non-hydrogen) atoms. The lowest BCUT2D eigenvalue weighted by Gasteiger charge is -2.26. The Bertz CT molecular complexity index is 748. The molecule has 6 heteroatoms. The maximum Gasteiger partial charge on any atom is 0.272 e. The Morgan fingerprint density at radius 1 is 1.20 bits per heavy atom. The van der Waals surface area contributed by atoms with Gasteiger partial charge in [-0.15, -0.1) is 0 Å². The van der Waals surface area contributed by atoms with Gasteiger partial charge in [-0.2, -0.15) is 0 Å². The number of nitrogens with one attached hydrogen (secondary N) is 2. The molecular weight excluding hydrogens is 318 g/mol. The van der Waals surface area contributed by atoms with Crippen LogP contribution >= 0.6 is 0 Å². The molecule has 0 radical (unpaired) electrons. The second-order valence-corrected chi connectivity index (χ2v) is 6.26. The first-order valence-electron chi connectivity index (χ1n) is 8.55. The van der Waals surface area contributed by atoms with Gasteiger partial charge in [0.1, 0.15) is 5.69 Å². The predicted molar refractivity (Wildman–Crippen MR) is 97.8 cm³/mol. The van der Waals surface area contributed by atoms with Crippen LogP contribution in [0.4, 0.5) is 5.69 Å². The van der Waals surface area contributed by atoms with Crippen LogP contribution in [0.2, 0.25) is 0 Å². The summed E-state index contributed by atoms with van der Waals surface area (Å²) in [6, 6.07) is 7.82. The first-order valence-corrected chi connectivity index (χ1v) is 8.55. The number of hydrogen-bond acceptors (Lipinski definition) is 4. The molecule has 1 saturated heterocycles. The molecule has 1 aromatic heterocycles. The number of anilines is 1. The van der Waals surface area contributed by atoms with Gasteiger partial charge in [0.15, 0.2) is 11.5 Å². The summed E-state index contributed by atoms with van der Waals surface area (Å²) in [5.41, 5.74) is 2.33. The number of nitrogens with zero attached hydrogens (tertiary/aromatic N) is 1. The van der Waals surface area contributed by atoms with Gasteiger partial charge in [-0.05, 0) is 56.6 Å². The van der Waals surface area contributed by atoms with Crippen LogP contribution in [0, 0.1) is 6.92 Å². The molecule has 1 fully saturated rings. The summed E-state index contributed by atoms with van der Waals surface area (Å²) < 4.78 is 12.7. The highest BCUT2D eigenvalue weighted by Gasteiger charge is 2.20. The number of benzene rings is 1. The molecule has 0 atom stereocenters. The molecule has 0 bridgehead atoms. The normalized spacial score (nSPS) is 15.0. The average molecular weight is 343 g/mol. The van der Waals surface area contributed by atoms with E-state index in [4.69, 9.17) is 9.47 Å². The Labute approximate surface area is 148 Å². The van der Waals surface area contributed by atoms with E-state index in [-0.39, 0.29) is 5.91 Å². The zero-order chi connectivity index (χ0) is 17.8.